The van der Waals surface area contributed by atoms with Crippen LogP contribution in [-0.4, -0.2) is 25.8 Å². The van der Waals surface area contributed by atoms with E-state index in [4.69, 9.17) is 0 Å². The van der Waals surface area contributed by atoms with E-state index in [9.17, 15) is 4.79 Å². The third-order valence-corrected chi connectivity index (χ3v) is 3.12. The number of carbonyl (C=O) groups excluding carboxylic acids is 1. The van der Waals surface area contributed by atoms with Crippen LogP contribution < -0.4 is 0 Å². The fraction of sp³-hybridized carbons (Fsp3) is 0.500. The molecule has 0 aliphatic rings. The molecule has 0 N–H and O–H groups in total. The molecular weight excluding hydrogens is 240 g/mol. The molecule has 0 aliphatic carbocycles. The van der Waals surface area contributed by atoms with Crippen LogP contribution in [0.1, 0.15) is 36.3 Å². The highest BCUT2D eigenvalue weighted by Gasteiger charge is 2.15. The first-order valence-electron chi connectivity index (χ1n) is 6.54. The summed E-state index contributed by atoms with van der Waals surface area (Å²) < 4.78 is 3.60. The van der Waals surface area contributed by atoms with E-state index in [-0.39, 0.29) is 0 Å². The molecule has 2 rings (SSSR count). The van der Waals surface area contributed by atoms with Crippen LogP contribution in [0.4, 0.5) is 0 Å². The van der Waals surface area contributed by atoms with Gasteiger partial charge in [-0.3, -0.25) is 14.2 Å². The topological polar surface area (TPSA) is 52.7 Å². The average Bonchev–Trinajstić information content (AvgIpc) is 2.89. The largest absolute Gasteiger partial charge is 0.298 e. The van der Waals surface area contributed by atoms with Crippen molar-refractivity contribution in [3.05, 3.63) is 23.7 Å². The first kappa shape index (κ1) is 13.5. The van der Waals surface area contributed by atoms with Crippen molar-refractivity contribution in [1.82, 2.24) is 19.6 Å². The molecule has 2 aromatic rings. The molecular formula is C14H20N4O. The number of aromatic nitrogens is 4. The molecule has 0 saturated carbocycles. The molecule has 0 saturated heterocycles. The molecule has 0 unspecified atom stereocenters. The first-order chi connectivity index (χ1) is 9.01. The van der Waals surface area contributed by atoms with Crippen LogP contribution in [0.15, 0.2) is 12.4 Å². The summed E-state index contributed by atoms with van der Waals surface area (Å²) in [5, 5.41) is 8.83. The Morgan fingerprint density at radius 1 is 1.32 bits per heavy atom. The summed E-state index contributed by atoms with van der Waals surface area (Å²) in [6.07, 6.45) is 5.63. The Balaban J connectivity index is 2.34. The van der Waals surface area contributed by atoms with Gasteiger partial charge in [0.15, 0.2) is 6.29 Å². The molecule has 5 nitrogen and oxygen atoms in total. The summed E-state index contributed by atoms with van der Waals surface area (Å²) in [6, 6.07) is 0. The first-order valence-corrected chi connectivity index (χ1v) is 6.54. The highest BCUT2D eigenvalue weighted by Crippen LogP contribution is 2.23. The summed E-state index contributed by atoms with van der Waals surface area (Å²) >= 11 is 0. The maximum Gasteiger partial charge on any atom is 0.153 e. The van der Waals surface area contributed by atoms with Crippen LogP contribution in [0, 0.1) is 12.8 Å². The van der Waals surface area contributed by atoms with Crippen LogP contribution in [-0.2, 0) is 13.6 Å². The second-order valence-electron chi connectivity index (χ2n) is 5.30. The van der Waals surface area contributed by atoms with Crippen LogP contribution in [0.2, 0.25) is 0 Å². The average molecular weight is 260 g/mol. The van der Waals surface area contributed by atoms with Crippen molar-refractivity contribution in [2.24, 2.45) is 13.0 Å². The van der Waals surface area contributed by atoms with E-state index in [1.807, 2.05) is 31.0 Å². The van der Waals surface area contributed by atoms with Gasteiger partial charge >= 0.3 is 0 Å². The summed E-state index contributed by atoms with van der Waals surface area (Å²) in [6.45, 7) is 7.11. The summed E-state index contributed by atoms with van der Waals surface area (Å²) in [4.78, 5) is 11.2. The van der Waals surface area contributed by atoms with Crippen molar-refractivity contribution < 1.29 is 4.79 Å². The van der Waals surface area contributed by atoms with Crippen LogP contribution in [0.5, 0.6) is 0 Å². The Hall–Kier alpha value is -1.91. The van der Waals surface area contributed by atoms with Crippen molar-refractivity contribution in [3.63, 3.8) is 0 Å². The van der Waals surface area contributed by atoms with E-state index in [2.05, 4.69) is 24.0 Å². The zero-order valence-corrected chi connectivity index (χ0v) is 11.9. The maximum atomic E-state index is 11.2. The van der Waals surface area contributed by atoms with Crippen molar-refractivity contribution >= 4 is 6.29 Å². The minimum atomic E-state index is 0.618. The fourth-order valence-corrected chi connectivity index (χ4v) is 2.07. The van der Waals surface area contributed by atoms with Crippen LogP contribution >= 0.6 is 0 Å². The number of carbonyl (C=O) groups is 1. The lowest BCUT2D eigenvalue weighted by Gasteiger charge is -2.03. The van der Waals surface area contributed by atoms with Crippen molar-refractivity contribution in [1.29, 1.82) is 0 Å². The van der Waals surface area contributed by atoms with Gasteiger partial charge in [-0.2, -0.15) is 10.2 Å². The van der Waals surface area contributed by atoms with Gasteiger partial charge in [0.2, 0.25) is 0 Å². The van der Waals surface area contributed by atoms with E-state index in [0.717, 1.165) is 36.2 Å². The second-order valence-corrected chi connectivity index (χ2v) is 5.30. The summed E-state index contributed by atoms with van der Waals surface area (Å²) in [5.41, 5.74) is 3.16. The number of nitrogens with zero attached hydrogens (tertiary/aromatic N) is 4. The van der Waals surface area contributed by atoms with E-state index < -0.39 is 0 Å². The Bertz CT molecular complexity index is 580. The lowest BCUT2D eigenvalue weighted by Crippen LogP contribution is -2.02. The molecule has 0 radical (unpaired) electrons. The highest BCUT2D eigenvalue weighted by atomic mass is 16.1. The molecule has 0 atom stereocenters. The Kier molecular flexibility index (Phi) is 3.83. The van der Waals surface area contributed by atoms with Gasteiger partial charge in [0, 0.05) is 31.5 Å². The number of aryl methyl sites for hydroxylation is 3. The number of aldehydes is 1. The fourth-order valence-electron chi connectivity index (χ4n) is 2.07. The van der Waals surface area contributed by atoms with Gasteiger partial charge in [0.1, 0.15) is 5.69 Å². The molecule has 19 heavy (non-hydrogen) atoms. The third-order valence-electron chi connectivity index (χ3n) is 3.12. The molecule has 0 amide bonds. The second kappa shape index (κ2) is 5.38. The zero-order valence-electron chi connectivity index (χ0n) is 11.9. The molecule has 0 bridgehead atoms. The molecule has 0 spiro atoms. The van der Waals surface area contributed by atoms with Gasteiger partial charge in [-0.05, 0) is 19.3 Å². The Labute approximate surface area is 113 Å². The molecule has 5 heteroatoms. The number of hydrogen-bond acceptors (Lipinski definition) is 3. The third kappa shape index (κ3) is 2.92. The monoisotopic (exact) mass is 260 g/mol. The normalized spacial score (nSPS) is 11.2. The lowest BCUT2D eigenvalue weighted by molar-refractivity contribution is 0.112. The molecule has 102 valence electrons. The van der Waals surface area contributed by atoms with Crippen LogP contribution in [0.3, 0.4) is 0 Å². The minimum Gasteiger partial charge on any atom is -0.298 e. The lowest BCUT2D eigenvalue weighted by atomic mass is 10.1. The van der Waals surface area contributed by atoms with Crippen LogP contribution in [0.25, 0.3) is 11.3 Å². The Morgan fingerprint density at radius 2 is 2.05 bits per heavy atom. The number of hydrogen-bond donors (Lipinski definition) is 0. The molecule has 2 heterocycles. The van der Waals surface area contributed by atoms with Crippen molar-refractivity contribution in [2.75, 3.05) is 0 Å². The van der Waals surface area contributed by atoms with Gasteiger partial charge in [-0.1, -0.05) is 13.8 Å². The van der Waals surface area contributed by atoms with Gasteiger partial charge in [0.25, 0.3) is 0 Å². The number of rotatable bonds is 5. The zero-order chi connectivity index (χ0) is 14.0. The minimum absolute atomic E-state index is 0.618. The van der Waals surface area contributed by atoms with Crippen molar-refractivity contribution in [3.8, 4) is 11.3 Å². The molecule has 0 fully saturated rings. The van der Waals surface area contributed by atoms with Gasteiger partial charge in [0.05, 0.1) is 11.3 Å². The SMILES string of the molecule is Cc1nn(C)cc1-c1nn(CCC(C)C)cc1C=O. The van der Waals surface area contributed by atoms with Gasteiger partial charge < -0.3 is 0 Å². The predicted octanol–water partition coefficient (Wildman–Crippen LogP) is 2.45. The molecule has 0 aromatic carbocycles. The van der Waals surface area contributed by atoms with E-state index >= 15 is 0 Å². The Morgan fingerprint density at radius 3 is 2.58 bits per heavy atom. The maximum absolute atomic E-state index is 11.2. The van der Waals surface area contributed by atoms with Gasteiger partial charge in [-0.15, -0.1) is 0 Å². The van der Waals surface area contributed by atoms with Gasteiger partial charge in [-0.25, -0.2) is 0 Å². The molecule has 0 aliphatic heterocycles. The highest BCUT2D eigenvalue weighted by molar-refractivity contribution is 5.85. The smallest absolute Gasteiger partial charge is 0.153 e. The van der Waals surface area contributed by atoms with Crippen molar-refractivity contribution in [2.45, 2.75) is 33.7 Å². The van der Waals surface area contributed by atoms with E-state index in [1.165, 1.54) is 0 Å². The van der Waals surface area contributed by atoms with E-state index in [0.29, 0.717) is 11.5 Å². The quantitative estimate of drug-likeness (QED) is 0.776. The molecule has 2 aromatic heterocycles. The predicted molar refractivity (Wildman–Crippen MR) is 74.0 cm³/mol. The van der Waals surface area contributed by atoms with E-state index in [1.54, 1.807) is 4.68 Å². The summed E-state index contributed by atoms with van der Waals surface area (Å²) in [5.74, 6) is 0.618. The summed E-state index contributed by atoms with van der Waals surface area (Å²) in [7, 11) is 1.87. The standard InChI is InChI=1S/C14H20N4O/c1-10(2)5-6-18-7-12(9-19)14(16-18)13-8-17(4)15-11(13)3/h7-10H,5-6H2,1-4H3.